The van der Waals surface area contributed by atoms with Gasteiger partial charge in [0.1, 0.15) is 11.6 Å². The van der Waals surface area contributed by atoms with Gasteiger partial charge in [-0.1, -0.05) is 12.1 Å². The van der Waals surface area contributed by atoms with Gasteiger partial charge in [-0.3, -0.25) is 9.48 Å². The molecule has 0 aliphatic heterocycles. The largest absolute Gasteiger partial charge is 0.497 e. The van der Waals surface area contributed by atoms with Crippen LogP contribution in [0.5, 0.6) is 5.75 Å². The lowest BCUT2D eigenvalue weighted by molar-refractivity contribution is 0.112. The van der Waals surface area contributed by atoms with Crippen LogP contribution in [0.1, 0.15) is 21.6 Å². The average Bonchev–Trinajstić information content (AvgIpc) is 2.73. The second-order valence-corrected chi connectivity index (χ2v) is 4.77. The zero-order valence-electron chi connectivity index (χ0n) is 12.3. The quantitative estimate of drug-likeness (QED) is 0.783. The molecule has 5 heteroatoms. The van der Waals surface area contributed by atoms with E-state index in [1.54, 1.807) is 11.8 Å². The van der Waals surface area contributed by atoms with Crippen LogP contribution in [-0.2, 0) is 13.6 Å². The number of hydrogen-bond donors (Lipinski definition) is 0. The number of aldehydes is 1. The number of benzene rings is 1. The van der Waals surface area contributed by atoms with Gasteiger partial charge in [-0.15, -0.1) is 0 Å². The van der Waals surface area contributed by atoms with Crippen LogP contribution in [0.2, 0.25) is 0 Å². The van der Waals surface area contributed by atoms with Crippen LogP contribution < -0.4 is 9.64 Å². The number of rotatable bonds is 5. The van der Waals surface area contributed by atoms with Gasteiger partial charge in [-0.2, -0.15) is 5.10 Å². The molecule has 0 unspecified atom stereocenters. The highest BCUT2D eigenvalue weighted by Gasteiger charge is 2.16. The first-order chi connectivity index (χ1) is 9.56. The van der Waals surface area contributed by atoms with E-state index in [2.05, 4.69) is 5.10 Å². The lowest BCUT2D eigenvalue weighted by atomic mass is 10.2. The summed E-state index contributed by atoms with van der Waals surface area (Å²) in [5.74, 6) is 1.66. The summed E-state index contributed by atoms with van der Waals surface area (Å²) < 4.78 is 6.88. The van der Waals surface area contributed by atoms with Crippen molar-refractivity contribution in [3.63, 3.8) is 0 Å². The summed E-state index contributed by atoms with van der Waals surface area (Å²) in [6, 6.07) is 7.88. The van der Waals surface area contributed by atoms with Crippen molar-refractivity contribution in [2.45, 2.75) is 13.5 Å². The first kappa shape index (κ1) is 14.1. The van der Waals surface area contributed by atoms with Gasteiger partial charge in [0.2, 0.25) is 0 Å². The van der Waals surface area contributed by atoms with Gasteiger partial charge in [0.05, 0.1) is 18.4 Å². The van der Waals surface area contributed by atoms with E-state index in [-0.39, 0.29) is 0 Å². The summed E-state index contributed by atoms with van der Waals surface area (Å²) in [5.41, 5.74) is 2.53. The van der Waals surface area contributed by atoms with Gasteiger partial charge in [-0.05, 0) is 24.6 Å². The van der Waals surface area contributed by atoms with E-state index in [4.69, 9.17) is 4.74 Å². The number of anilines is 1. The number of nitrogens with zero attached hydrogens (tertiary/aromatic N) is 3. The molecule has 0 aliphatic carbocycles. The monoisotopic (exact) mass is 273 g/mol. The molecular formula is C15H19N3O2. The van der Waals surface area contributed by atoms with Crippen molar-refractivity contribution in [3.05, 3.63) is 41.1 Å². The van der Waals surface area contributed by atoms with Crippen molar-refractivity contribution in [1.82, 2.24) is 9.78 Å². The Labute approximate surface area is 118 Å². The lowest BCUT2D eigenvalue weighted by Gasteiger charge is -2.20. The molecule has 0 radical (unpaired) electrons. The molecule has 2 aromatic rings. The van der Waals surface area contributed by atoms with Gasteiger partial charge in [0.25, 0.3) is 0 Å². The third-order valence-electron chi connectivity index (χ3n) is 3.30. The van der Waals surface area contributed by atoms with Gasteiger partial charge >= 0.3 is 0 Å². The van der Waals surface area contributed by atoms with Crippen LogP contribution in [0.25, 0.3) is 0 Å². The normalized spacial score (nSPS) is 10.4. The highest BCUT2D eigenvalue weighted by molar-refractivity contribution is 5.84. The van der Waals surface area contributed by atoms with Crippen LogP contribution in [0.3, 0.4) is 0 Å². The number of aromatic nitrogens is 2. The molecule has 2 rings (SSSR count). The minimum absolute atomic E-state index is 0.642. The fraction of sp³-hybridized carbons (Fsp3) is 0.333. The Morgan fingerprint density at radius 2 is 2.00 bits per heavy atom. The van der Waals surface area contributed by atoms with Crippen molar-refractivity contribution >= 4 is 12.1 Å². The molecule has 1 heterocycles. The van der Waals surface area contributed by atoms with Gasteiger partial charge < -0.3 is 9.64 Å². The molecular weight excluding hydrogens is 254 g/mol. The predicted octanol–water partition coefficient (Wildman–Crippen LogP) is 2.19. The highest BCUT2D eigenvalue weighted by Crippen LogP contribution is 2.22. The Hall–Kier alpha value is -2.30. The van der Waals surface area contributed by atoms with Crippen molar-refractivity contribution in [1.29, 1.82) is 0 Å². The molecule has 0 bridgehead atoms. The van der Waals surface area contributed by atoms with Crippen LogP contribution in [0.4, 0.5) is 5.82 Å². The first-order valence-electron chi connectivity index (χ1n) is 6.39. The molecule has 0 amide bonds. The van der Waals surface area contributed by atoms with Crippen molar-refractivity contribution < 1.29 is 9.53 Å². The van der Waals surface area contributed by atoms with Gasteiger partial charge in [0.15, 0.2) is 6.29 Å². The molecule has 0 aliphatic rings. The number of hydrogen-bond acceptors (Lipinski definition) is 4. The smallest absolute Gasteiger partial charge is 0.155 e. The van der Waals surface area contributed by atoms with E-state index < -0.39 is 0 Å². The number of methoxy groups -OCH3 is 1. The van der Waals surface area contributed by atoms with Crippen LogP contribution in [0.15, 0.2) is 24.3 Å². The fourth-order valence-electron chi connectivity index (χ4n) is 2.33. The molecule has 0 N–H and O–H groups in total. The molecule has 0 fully saturated rings. The molecule has 1 aromatic carbocycles. The molecule has 1 aromatic heterocycles. The average molecular weight is 273 g/mol. The Balaban J connectivity index is 2.23. The Kier molecular flexibility index (Phi) is 4.08. The summed E-state index contributed by atoms with van der Waals surface area (Å²) in [4.78, 5) is 13.2. The zero-order valence-corrected chi connectivity index (χ0v) is 12.3. The first-order valence-corrected chi connectivity index (χ1v) is 6.39. The second kappa shape index (κ2) is 5.77. The van der Waals surface area contributed by atoms with Crippen LogP contribution in [0, 0.1) is 6.92 Å². The molecule has 106 valence electrons. The van der Waals surface area contributed by atoms with Crippen molar-refractivity contribution in [2.75, 3.05) is 19.1 Å². The lowest BCUT2D eigenvalue weighted by Crippen LogP contribution is -2.20. The highest BCUT2D eigenvalue weighted by atomic mass is 16.5. The summed E-state index contributed by atoms with van der Waals surface area (Å²) in [6.07, 6.45) is 0.863. The molecule has 0 spiro atoms. The van der Waals surface area contributed by atoms with E-state index in [0.717, 1.165) is 29.1 Å². The van der Waals surface area contributed by atoms with Crippen LogP contribution >= 0.6 is 0 Å². The summed E-state index contributed by atoms with van der Waals surface area (Å²) in [6.45, 7) is 2.54. The number of carbonyl (C=O) groups excluding carboxylic acids is 1. The van der Waals surface area contributed by atoms with Crippen molar-refractivity contribution in [2.24, 2.45) is 7.05 Å². The summed E-state index contributed by atoms with van der Waals surface area (Å²) >= 11 is 0. The minimum Gasteiger partial charge on any atom is -0.497 e. The number of carbonyl (C=O) groups is 1. The Bertz CT molecular complexity index is 602. The topological polar surface area (TPSA) is 47.4 Å². The standard InChI is InChI=1S/C15H19N3O2/c1-11-14(10-19)15(18(3)16-11)17(2)9-12-5-7-13(20-4)8-6-12/h5-8,10H,9H2,1-4H3. The Morgan fingerprint density at radius 3 is 2.55 bits per heavy atom. The predicted molar refractivity (Wildman–Crippen MR) is 78.4 cm³/mol. The summed E-state index contributed by atoms with van der Waals surface area (Å²) in [7, 11) is 5.45. The molecule has 20 heavy (non-hydrogen) atoms. The summed E-state index contributed by atoms with van der Waals surface area (Å²) in [5, 5.41) is 4.30. The molecule has 0 saturated heterocycles. The van der Waals surface area contributed by atoms with Gasteiger partial charge in [0, 0.05) is 20.6 Å². The maximum absolute atomic E-state index is 11.2. The zero-order chi connectivity index (χ0) is 14.7. The fourth-order valence-corrected chi connectivity index (χ4v) is 2.33. The maximum Gasteiger partial charge on any atom is 0.155 e. The van der Waals surface area contributed by atoms with E-state index in [9.17, 15) is 4.79 Å². The van der Waals surface area contributed by atoms with E-state index in [1.165, 1.54) is 0 Å². The SMILES string of the molecule is COc1ccc(CN(C)c2c(C=O)c(C)nn2C)cc1. The minimum atomic E-state index is 0.642. The number of aryl methyl sites for hydroxylation is 2. The Morgan fingerprint density at radius 1 is 1.35 bits per heavy atom. The molecule has 0 atom stereocenters. The second-order valence-electron chi connectivity index (χ2n) is 4.77. The molecule has 5 nitrogen and oxygen atoms in total. The van der Waals surface area contributed by atoms with Crippen LogP contribution in [-0.4, -0.2) is 30.2 Å². The van der Waals surface area contributed by atoms with E-state index in [1.807, 2.05) is 50.2 Å². The maximum atomic E-state index is 11.2. The van der Waals surface area contributed by atoms with Gasteiger partial charge in [-0.25, -0.2) is 0 Å². The van der Waals surface area contributed by atoms with Crippen molar-refractivity contribution in [3.8, 4) is 5.75 Å². The van der Waals surface area contributed by atoms with E-state index in [0.29, 0.717) is 12.1 Å². The third-order valence-corrected chi connectivity index (χ3v) is 3.30. The number of ether oxygens (including phenoxy) is 1. The third kappa shape index (κ3) is 2.66. The van der Waals surface area contributed by atoms with E-state index >= 15 is 0 Å². The molecule has 0 saturated carbocycles.